The minimum Gasteiger partial charge on any atom is -0.348 e. The fourth-order valence-corrected chi connectivity index (χ4v) is 4.92. The zero-order chi connectivity index (χ0) is 19.9. The number of carbonyl (C=O) groups excluding carboxylic acids is 2. The third-order valence-electron chi connectivity index (χ3n) is 4.50. The molecule has 0 radical (unpaired) electrons. The summed E-state index contributed by atoms with van der Waals surface area (Å²) >= 11 is 5.85. The SMILES string of the molecule is CCCNC(=O)C(=O)NCCC1CCCCN1S(=O)(=O)c1ccc(Cl)cc1. The van der Waals surface area contributed by atoms with Gasteiger partial charge in [0.15, 0.2) is 0 Å². The molecular formula is C18H26ClN3O4S. The molecule has 1 heterocycles. The number of sulfonamides is 1. The average molecular weight is 416 g/mol. The van der Waals surface area contributed by atoms with Crippen LogP contribution in [0, 0.1) is 0 Å². The molecule has 0 bridgehead atoms. The first-order chi connectivity index (χ1) is 12.9. The van der Waals surface area contributed by atoms with Crippen LogP contribution in [-0.2, 0) is 19.6 Å². The number of rotatable bonds is 7. The first-order valence-corrected chi connectivity index (χ1v) is 11.0. The molecule has 0 saturated carbocycles. The third kappa shape index (κ3) is 5.92. The summed E-state index contributed by atoms with van der Waals surface area (Å²) in [6.45, 7) is 3.04. The molecule has 1 aliphatic heterocycles. The molecule has 9 heteroatoms. The summed E-state index contributed by atoms with van der Waals surface area (Å²) in [7, 11) is -3.62. The van der Waals surface area contributed by atoms with Gasteiger partial charge in [-0.05, 0) is 49.9 Å². The van der Waals surface area contributed by atoms with E-state index in [1.165, 1.54) is 16.4 Å². The van der Waals surface area contributed by atoms with Crippen molar-refractivity contribution >= 4 is 33.4 Å². The number of amides is 2. The van der Waals surface area contributed by atoms with Gasteiger partial charge in [-0.25, -0.2) is 8.42 Å². The number of halogens is 1. The van der Waals surface area contributed by atoms with Crippen molar-refractivity contribution < 1.29 is 18.0 Å². The van der Waals surface area contributed by atoms with E-state index in [9.17, 15) is 18.0 Å². The van der Waals surface area contributed by atoms with Gasteiger partial charge in [-0.1, -0.05) is 24.9 Å². The Morgan fingerprint density at radius 2 is 1.74 bits per heavy atom. The molecule has 0 aromatic heterocycles. The van der Waals surface area contributed by atoms with Crippen molar-refractivity contribution in [3.05, 3.63) is 29.3 Å². The molecule has 150 valence electrons. The highest BCUT2D eigenvalue weighted by Crippen LogP contribution is 2.27. The van der Waals surface area contributed by atoms with Crippen molar-refractivity contribution in [1.82, 2.24) is 14.9 Å². The standard InChI is InChI=1S/C18H26ClN3O4S/c1-2-11-20-17(23)18(24)21-12-10-15-5-3-4-13-22(15)27(25,26)16-8-6-14(19)7-9-16/h6-9,15H,2-5,10-13H2,1H3,(H,20,23)(H,21,24). The first-order valence-electron chi connectivity index (χ1n) is 9.19. The van der Waals surface area contributed by atoms with Gasteiger partial charge in [0.2, 0.25) is 10.0 Å². The summed E-state index contributed by atoms with van der Waals surface area (Å²) < 4.78 is 27.4. The molecule has 27 heavy (non-hydrogen) atoms. The van der Waals surface area contributed by atoms with Crippen LogP contribution < -0.4 is 10.6 Å². The molecule has 7 nitrogen and oxygen atoms in total. The lowest BCUT2D eigenvalue weighted by Crippen LogP contribution is -2.46. The molecule has 1 saturated heterocycles. The Labute approximate surface area is 165 Å². The molecule has 0 aliphatic carbocycles. The van der Waals surface area contributed by atoms with E-state index in [1.807, 2.05) is 6.92 Å². The molecule has 2 N–H and O–H groups in total. The highest BCUT2D eigenvalue weighted by Gasteiger charge is 2.33. The maximum atomic E-state index is 13.0. The molecular weight excluding hydrogens is 390 g/mol. The molecule has 1 atom stereocenters. The Morgan fingerprint density at radius 1 is 1.11 bits per heavy atom. The normalized spacial score (nSPS) is 18.1. The third-order valence-corrected chi connectivity index (χ3v) is 6.72. The topological polar surface area (TPSA) is 95.6 Å². The van der Waals surface area contributed by atoms with E-state index in [1.54, 1.807) is 12.1 Å². The van der Waals surface area contributed by atoms with Crippen LogP contribution in [0.3, 0.4) is 0 Å². The second-order valence-electron chi connectivity index (χ2n) is 6.52. The number of hydrogen-bond acceptors (Lipinski definition) is 4. The van der Waals surface area contributed by atoms with Gasteiger partial charge in [0, 0.05) is 30.7 Å². The average Bonchev–Trinajstić information content (AvgIpc) is 2.66. The van der Waals surface area contributed by atoms with Crippen LogP contribution in [0.4, 0.5) is 0 Å². The minimum atomic E-state index is -3.62. The fraction of sp³-hybridized carbons (Fsp3) is 0.556. The lowest BCUT2D eigenvalue weighted by molar-refractivity contribution is -0.139. The predicted molar refractivity (Wildman–Crippen MR) is 104 cm³/mol. The Bertz CT molecular complexity index is 752. The molecule has 1 aromatic carbocycles. The van der Waals surface area contributed by atoms with Gasteiger partial charge in [-0.15, -0.1) is 0 Å². The predicted octanol–water partition coefficient (Wildman–Crippen LogP) is 1.92. The monoisotopic (exact) mass is 415 g/mol. The van der Waals surface area contributed by atoms with E-state index in [2.05, 4.69) is 10.6 Å². The number of nitrogens with zero attached hydrogens (tertiary/aromatic N) is 1. The summed E-state index contributed by atoms with van der Waals surface area (Å²) in [6, 6.07) is 5.91. The lowest BCUT2D eigenvalue weighted by atomic mass is 10.0. The van der Waals surface area contributed by atoms with Crippen molar-refractivity contribution in [2.45, 2.75) is 50.0 Å². The van der Waals surface area contributed by atoms with Gasteiger partial charge < -0.3 is 10.6 Å². The van der Waals surface area contributed by atoms with Crippen LogP contribution in [0.2, 0.25) is 5.02 Å². The van der Waals surface area contributed by atoms with Gasteiger partial charge in [0.1, 0.15) is 0 Å². The maximum absolute atomic E-state index is 13.0. The van der Waals surface area contributed by atoms with Crippen molar-refractivity contribution in [3.63, 3.8) is 0 Å². The zero-order valence-corrected chi connectivity index (χ0v) is 17.0. The van der Waals surface area contributed by atoms with E-state index in [-0.39, 0.29) is 17.5 Å². The number of nitrogens with one attached hydrogen (secondary N) is 2. The van der Waals surface area contributed by atoms with E-state index < -0.39 is 21.8 Å². The van der Waals surface area contributed by atoms with Crippen molar-refractivity contribution in [2.24, 2.45) is 0 Å². The van der Waals surface area contributed by atoms with Crippen molar-refractivity contribution in [3.8, 4) is 0 Å². The molecule has 0 spiro atoms. The van der Waals surface area contributed by atoms with Gasteiger partial charge in [0.05, 0.1) is 4.90 Å². The smallest absolute Gasteiger partial charge is 0.309 e. The molecule has 1 aliphatic rings. The summed E-state index contributed by atoms with van der Waals surface area (Å²) in [5.74, 6) is -1.35. The second-order valence-corrected chi connectivity index (χ2v) is 8.85. The summed E-state index contributed by atoms with van der Waals surface area (Å²) in [4.78, 5) is 23.5. The van der Waals surface area contributed by atoms with Gasteiger partial charge in [0.25, 0.3) is 0 Å². The van der Waals surface area contributed by atoms with E-state index in [0.29, 0.717) is 24.5 Å². The summed E-state index contributed by atoms with van der Waals surface area (Å²) in [6.07, 6.45) is 3.67. The largest absolute Gasteiger partial charge is 0.348 e. The maximum Gasteiger partial charge on any atom is 0.309 e. The van der Waals surface area contributed by atoms with Crippen LogP contribution in [0.5, 0.6) is 0 Å². The van der Waals surface area contributed by atoms with E-state index >= 15 is 0 Å². The fourth-order valence-electron chi connectivity index (χ4n) is 3.07. The number of benzene rings is 1. The van der Waals surface area contributed by atoms with E-state index in [0.717, 1.165) is 25.7 Å². The number of piperidine rings is 1. The van der Waals surface area contributed by atoms with Gasteiger partial charge in [-0.3, -0.25) is 9.59 Å². The Kier molecular flexibility index (Phi) is 8.07. The van der Waals surface area contributed by atoms with Crippen molar-refractivity contribution in [1.29, 1.82) is 0 Å². The highest BCUT2D eigenvalue weighted by atomic mass is 35.5. The van der Waals surface area contributed by atoms with E-state index in [4.69, 9.17) is 11.6 Å². The van der Waals surface area contributed by atoms with Crippen LogP contribution in [-0.4, -0.2) is 50.2 Å². The second kappa shape index (κ2) is 10.1. The molecule has 1 unspecified atom stereocenters. The molecule has 2 rings (SSSR count). The van der Waals surface area contributed by atoms with Crippen LogP contribution in [0.1, 0.15) is 39.0 Å². The van der Waals surface area contributed by atoms with Gasteiger partial charge in [-0.2, -0.15) is 4.31 Å². The highest BCUT2D eigenvalue weighted by molar-refractivity contribution is 7.89. The summed E-state index contributed by atoms with van der Waals surface area (Å²) in [5, 5.41) is 5.56. The number of carbonyl (C=O) groups is 2. The van der Waals surface area contributed by atoms with Crippen LogP contribution >= 0.6 is 11.6 Å². The Balaban J connectivity index is 1.97. The van der Waals surface area contributed by atoms with Gasteiger partial charge >= 0.3 is 11.8 Å². The zero-order valence-electron chi connectivity index (χ0n) is 15.4. The lowest BCUT2D eigenvalue weighted by Gasteiger charge is -2.34. The van der Waals surface area contributed by atoms with Crippen LogP contribution in [0.25, 0.3) is 0 Å². The quantitative estimate of drug-likeness (QED) is 0.665. The Hall–Kier alpha value is -1.64. The van der Waals surface area contributed by atoms with Crippen molar-refractivity contribution in [2.75, 3.05) is 19.6 Å². The molecule has 2 amide bonds. The molecule has 1 fully saturated rings. The first kappa shape index (κ1) is 21.7. The molecule has 1 aromatic rings. The Morgan fingerprint density at radius 3 is 2.37 bits per heavy atom. The van der Waals surface area contributed by atoms with Crippen LogP contribution in [0.15, 0.2) is 29.2 Å². The minimum absolute atomic E-state index is 0.210. The summed E-state index contributed by atoms with van der Waals surface area (Å²) in [5.41, 5.74) is 0. The number of hydrogen-bond donors (Lipinski definition) is 2.